The lowest BCUT2D eigenvalue weighted by molar-refractivity contribution is 0.0696. The van der Waals surface area contributed by atoms with Crippen molar-refractivity contribution in [2.24, 2.45) is 0 Å². The molecule has 0 spiro atoms. The summed E-state index contributed by atoms with van der Waals surface area (Å²) >= 11 is 0. The van der Waals surface area contributed by atoms with E-state index < -0.39 is 15.7 Å². The van der Waals surface area contributed by atoms with Gasteiger partial charge in [-0.25, -0.2) is 18.3 Å². The van der Waals surface area contributed by atoms with Gasteiger partial charge >= 0.3 is 5.97 Å². The van der Waals surface area contributed by atoms with Crippen LogP contribution in [0.2, 0.25) is 0 Å². The maximum Gasteiger partial charge on any atom is 0.335 e. The highest BCUT2D eigenvalue weighted by Crippen LogP contribution is 2.34. The third-order valence-corrected chi connectivity index (χ3v) is 9.11. The van der Waals surface area contributed by atoms with Crippen LogP contribution in [-0.2, 0) is 16.3 Å². The second-order valence-corrected chi connectivity index (χ2v) is 11.8. The van der Waals surface area contributed by atoms with E-state index in [0.29, 0.717) is 34.8 Å². The lowest BCUT2D eigenvalue weighted by Gasteiger charge is -2.34. The molecule has 40 heavy (non-hydrogen) atoms. The number of benzene rings is 2. The van der Waals surface area contributed by atoms with Crippen LogP contribution in [0.5, 0.6) is 5.88 Å². The summed E-state index contributed by atoms with van der Waals surface area (Å²) in [5.74, 6) is 3.19. The average Bonchev–Trinajstić information content (AvgIpc) is 3.51. The van der Waals surface area contributed by atoms with E-state index in [2.05, 4.69) is 21.8 Å². The molecule has 1 aliphatic rings. The number of carboxylic acid groups (broad SMARTS) is 1. The molecule has 0 bridgehead atoms. The molecule has 0 saturated carbocycles. The molecule has 1 aliphatic heterocycles. The quantitative estimate of drug-likeness (QED) is 0.317. The number of nitriles is 1. The Morgan fingerprint density at radius 2 is 1.80 bits per heavy atom. The number of rotatable bonds is 8. The summed E-state index contributed by atoms with van der Waals surface area (Å²) < 4.78 is 26.8. The van der Waals surface area contributed by atoms with E-state index in [-0.39, 0.29) is 23.6 Å². The Labute approximate surface area is 233 Å². The number of aromatic nitrogens is 1. The van der Waals surface area contributed by atoms with Crippen LogP contribution in [0.25, 0.3) is 22.4 Å². The Morgan fingerprint density at radius 3 is 2.40 bits per heavy atom. The Kier molecular flexibility index (Phi) is 7.71. The van der Waals surface area contributed by atoms with Crippen LogP contribution in [0.15, 0.2) is 82.5 Å². The third-order valence-electron chi connectivity index (χ3n) is 6.90. The Bertz CT molecular complexity index is 1650. The maximum atomic E-state index is 13.6. The fourth-order valence-corrected chi connectivity index (χ4v) is 6.11. The van der Waals surface area contributed by atoms with E-state index in [1.54, 1.807) is 30.5 Å². The molecule has 9 nitrogen and oxygen atoms in total. The first-order chi connectivity index (χ1) is 19.3. The summed E-state index contributed by atoms with van der Waals surface area (Å²) in [6.45, 7) is 3.13. The first-order valence-electron chi connectivity index (χ1n) is 12.6. The Hall–Kier alpha value is -4.43. The van der Waals surface area contributed by atoms with Crippen molar-refractivity contribution in [1.82, 2.24) is 14.2 Å². The van der Waals surface area contributed by atoms with Crippen LogP contribution < -0.4 is 4.74 Å². The molecular weight excluding hydrogens is 528 g/mol. The molecule has 3 heterocycles. The molecule has 10 heteroatoms. The van der Waals surface area contributed by atoms with Crippen LogP contribution >= 0.6 is 0 Å². The third kappa shape index (κ3) is 5.62. The predicted octanol–water partition coefficient (Wildman–Crippen LogP) is 4.40. The predicted molar refractivity (Wildman–Crippen MR) is 152 cm³/mol. The zero-order valence-electron chi connectivity index (χ0n) is 21.9. The first-order valence-corrected chi connectivity index (χ1v) is 14.3. The molecule has 1 N–H and O–H groups in total. The second kappa shape index (κ2) is 11.4. The highest BCUT2D eigenvalue weighted by atomic mass is 32.2. The molecule has 204 valence electrons. The van der Waals surface area contributed by atoms with E-state index in [4.69, 9.17) is 14.3 Å². The Balaban J connectivity index is 1.47. The average molecular weight is 557 g/mol. The van der Waals surface area contributed by atoms with E-state index >= 15 is 0 Å². The second-order valence-electron chi connectivity index (χ2n) is 9.55. The number of carboxylic acids is 1. The number of piperazine rings is 1. The number of carbonyl (C=O) groups is 1. The van der Waals surface area contributed by atoms with Crippen molar-refractivity contribution in [2.75, 3.05) is 33.2 Å². The van der Waals surface area contributed by atoms with Gasteiger partial charge in [0.15, 0.2) is 0 Å². The number of furan rings is 1. The van der Waals surface area contributed by atoms with Gasteiger partial charge in [0.05, 0.1) is 33.5 Å². The van der Waals surface area contributed by atoms with Gasteiger partial charge in [0.25, 0.3) is 0 Å². The number of pyridine rings is 1. The molecule has 4 aromatic rings. The van der Waals surface area contributed by atoms with Gasteiger partial charge in [-0.1, -0.05) is 24.3 Å². The summed E-state index contributed by atoms with van der Waals surface area (Å²) in [5, 5.41) is 19.1. The number of hydrogen-bond acceptors (Lipinski definition) is 7. The van der Waals surface area contributed by atoms with Crippen molar-refractivity contribution in [3.8, 4) is 34.3 Å². The number of hydrogen-bond donors (Lipinski definition) is 1. The van der Waals surface area contributed by atoms with Crippen LogP contribution in [0, 0.1) is 11.3 Å². The smallest absolute Gasteiger partial charge is 0.335 e. The number of aromatic carboxylic acids is 1. The van der Waals surface area contributed by atoms with Crippen molar-refractivity contribution < 1.29 is 23.3 Å². The van der Waals surface area contributed by atoms with Crippen molar-refractivity contribution in [3.05, 3.63) is 89.9 Å². The zero-order chi connectivity index (χ0) is 28.3. The summed E-state index contributed by atoms with van der Waals surface area (Å²) in [6.07, 6.45) is 3.07. The van der Waals surface area contributed by atoms with Gasteiger partial charge in [-0.2, -0.15) is 5.26 Å². The molecule has 2 aromatic carbocycles. The molecule has 1 unspecified atom stereocenters. The zero-order valence-corrected chi connectivity index (χ0v) is 22.8. The largest absolute Gasteiger partial charge is 0.478 e. The minimum atomic E-state index is -2.63. The van der Waals surface area contributed by atoms with Crippen molar-refractivity contribution in [3.63, 3.8) is 0 Å². The molecule has 1 atom stereocenters. The van der Waals surface area contributed by atoms with E-state index in [1.165, 1.54) is 18.4 Å². The van der Waals surface area contributed by atoms with Crippen molar-refractivity contribution in [1.29, 1.82) is 5.26 Å². The highest BCUT2D eigenvalue weighted by Gasteiger charge is 2.23. The van der Waals surface area contributed by atoms with Crippen LogP contribution in [-0.4, -0.2) is 68.6 Å². The summed E-state index contributed by atoms with van der Waals surface area (Å²) in [5.41, 5.74) is 3.76. The van der Waals surface area contributed by atoms with Gasteiger partial charge in [0, 0.05) is 47.8 Å². The summed E-state index contributed by atoms with van der Waals surface area (Å²) in [6, 6.07) is 19.4. The van der Waals surface area contributed by atoms with E-state index in [9.17, 15) is 14.3 Å². The van der Waals surface area contributed by atoms with Crippen LogP contribution in [0.3, 0.4) is 0 Å². The lowest BCUT2D eigenvalue weighted by Crippen LogP contribution is -2.46. The summed E-state index contributed by atoms with van der Waals surface area (Å²) in [4.78, 5) is 18.7. The first kappa shape index (κ1) is 27.1. The minimum Gasteiger partial charge on any atom is -0.478 e. The molecule has 1 fully saturated rings. The molecule has 5 rings (SSSR count). The van der Waals surface area contributed by atoms with Gasteiger partial charge in [-0.05, 0) is 54.9 Å². The van der Waals surface area contributed by atoms with E-state index in [1.807, 2.05) is 35.6 Å². The SMILES string of the molecule is C=S(=O)(c1ccc(-c2cc(-c3ccoc3)c(C#N)c(OCc3ccc(C(=O)O)cc3)n2)cc1)N1CCN(C)CC1. The van der Waals surface area contributed by atoms with Crippen molar-refractivity contribution >= 4 is 21.5 Å². The fraction of sp³-hybridized carbons (Fsp3) is 0.200. The van der Waals surface area contributed by atoms with E-state index in [0.717, 1.165) is 24.2 Å². The molecular formula is C30H28N4O5S. The van der Waals surface area contributed by atoms with Gasteiger partial charge in [-0.15, -0.1) is 0 Å². The van der Waals surface area contributed by atoms with Gasteiger partial charge < -0.3 is 19.2 Å². The van der Waals surface area contributed by atoms with Crippen LogP contribution in [0.4, 0.5) is 0 Å². The van der Waals surface area contributed by atoms with Gasteiger partial charge in [-0.3, -0.25) is 0 Å². The molecule has 0 radical (unpaired) electrons. The minimum absolute atomic E-state index is 0.0867. The topological polar surface area (TPSA) is 120 Å². The summed E-state index contributed by atoms with van der Waals surface area (Å²) in [7, 11) is -0.577. The Morgan fingerprint density at radius 1 is 1.10 bits per heavy atom. The highest BCUT2D eigenvalue weighted by molar-refractivity contribution is 7.98. The van der Waals surface area contributed by atoms with Crippen LogP contribution in [0.1, 0.15) is 21.5 Å². The monoisotopic (exact) mass is 556 g/mol. The fourth-order valence-electron chi connectivity index (χ4n) is 4.49. The van der Waals surface area contributed by atoms with Gasteiger partial charge in [0.2, 0.25) is 5.88 Å². The maximum absolute atomic E-state index is 13.6. The molecule has 0 amide bonds. The lowest BCUT2D eigenvalue weighted by atomic mass is 10.0. The molecule has 0 aliphatic carbocycles. The van der Waals surface area contributed by atoms with Gasteiger partial charge in [0.1, 0.15) is 18.2 Å². The molecule has 1 saturated heterocycles. The number of ether oxygens (including phenoxy) is 1. The number of nitrogens with zero attached hydrogens (tertiary/aromatic N) is 4. The number of likely N-dealkylation sites (N-methyl/N-ethyl adjacent to an activating group) is 1. The normalized spacial score (nSPS) is 15.7. The standard InChI is InChI=1S/C30H28N4O5S/c1-33-12-14-34(15-13-33)40(2,37)25-9-7-22(8-10-25)28-17-26(24-11-16-38-20-24)27(18-31)29(32-28)39-19-21-3-5-23(6-4-21)30(35)36/h3-11,16-17,20H,2,12-15,19H2,1H3,(H,35,36). The van der Waals surface area contributed by atoms with Crippen molar-refractivity contribution in [2.45, 2.75) is 11.5 Å². The molecule has 2 aromatic heterocycles.